The molecule has 1 aromatic rings. The third-order valence-electron chi connectivity index (χ3n) is 1.77. The summed E-state index contributed by atoms with van der Waals surface area (Å²) in [5.41, 5.74) is 0. The van der Waals surface area contributed by atoms with Crippen LogP contribution >= 0.6 is 11.5 Å². The lowest BCUT2D eigenvalue weighted by Crippen LogP contribution is -2.18. The molecule has 0 radical (unpaired) electrons. The third kappa shape index (κ3) is 4.27. The maximum atomic E-state index is 11.2. The average molecular weight is 248 g/mol. The molecule has 0 saturated heterocycles. The molecule has 0 aliphatic heterocycles. The van der Waals surface area contributed by atoms with Crippen molar-refractivity contribution in [2.75, 3.05) is 12.8 Å². The summed E-state index contributed by atoms with van der Waals surface area (Å²) in [6, 6.07) is 1.63. The van der Waals surface area contributed by atoms with E-state index in [1.54, 1.807) is 6.07 Å². The van der Waals surface area contributed by atoms with E-state index in [2.05, 4.69) is 23.5 Å². The Morgan fingerprint density at radius 2 is 2.20 bits per heavy atom. The summed E-state index contributed by atoms with van der Waals surface area (Å²) in [7, 11) is -3.15. The van der Waals surface area contributed by atoms with E-state index in [0.717, 1.165) is 11.4 Å². The van der Waals surface area contributed by atoms with Crippen LogP contribution < -0.4 is 5.32 Å². The predicted molar refractivity (Wildman–Crippen MR) is 61.8 cm³/mol. The molecule has 0 spiro atoms. The number of hydrogen-bond acceptors (Lipinski definition) is 5. The standard InChI is InChI=1S/C9H16N2O2S2/c1-7(2)5-10-6-8-4-9(11-14-8)15(3,12)13/h4,7,10H,5-6H2,1-3H3. The van der Waals surface area contributed by atoms with Gasteiger partial charge in [-0.1, -0.05) is 13.8 Å². The zero-order valence-corrected chi connectivity index (χ0v) is 10.8. The van der Waals surface area contributed by atoms with Gasteiger partial charge in [0.05, 0.1) is 0 Å². The van der Waals surface area contributed by atoms with E-state index in [1.807, 2.05) is 0 Å². The molecule has 0 bridgehead atoms. The van der Waals surface area contributed by atoms with Crippen LogP contribution in [0, 0.1) is 5.92 Å². The second-order valence-electron chi connectivity index (χ2n) is 3.93. The highest BCUT2D eigenvalue weighted by molar-refractivity contribution is 7.90. The summed E-state index contributed by atoms with van der Waals surface area (Å²) >= 11 is 1.24. The number of aromatic nitrogens is 1. The lowest BCUT2D eigenvalue weighted by Gasteiger charge is -2.04. The highest BCUT2D eigenvalue weighted by atomic mass is 32.2. The Bertz CT molecular complexity index is 410. The summed E-state index contributed by atoms with van der Waals surface area (Å²) in [5.74, 6) is 0.590. The average Bonchev–Trinajstić information content (AvgIpc) is 2.51. The van der Waals surface area contributed by atoms with Gasteiger partial charge in [-0.3, -0.25) is 0 Å². The van der Waals surface area contributed by atoms with E-state index in [4.69, 9.17) is 0 Å². The SMILES string of the molecule is CC(C)CNCc1cc(S(C)(=O)=O)ns1. The van der Waals surface area contributed by atoms with Gasteiger partial charge in [-0.05, 0) is 30.1 Å². The minimum atomic E-state index is -3.15. The van der Waals surface area contributed by atoms with E-state index in [0.29, 0.717) is 12.5 Å². The maximum Gasteiger partial charge on any atom is 0.193 e. The van der Waals surface area contributed by atoms with E-state index >= 15 is 0 Å². The molecule has 0 atom stereocenters. The van der Waals surface area contributed by atoms with E-state index < -0.39 is 9.84 Å². The van der Waals surface area contributed by atoms with Crippen molar-refractivity contribution in [3.63, 3.8) is 0 Å². The van der Waals surface area contributed by atoms with Crippen molar-refractivity contribution in [3.8, 4) is 0 Å². The van der Waals surface area contributed by atoms with Gasteiger partial charge in [0.1, 0.15) is 0 Å². The molecule has 0 aliphatic rings. The van der Waals surface area contributed by atoms with Gasteiger partial charge in [-0.15, -0.1) is 0 Å². The molecule has 0 amide bonds. The fraction of sp³-hybridized carbons (Fsp3) is 0.667. The second-order valence-corrected chi connectivity index (χ2v) is 6.78. The number of rotatable bonds is 5. The van der Waals surface area contributed by atoms with Gasteiger partial charge in [0.25, 0.3) is 0 Å². The molecule has 6 heteroatoms. The first-order valence-corrected chi connectivity index (χ1v) is 7.42. The molecule has 0 fully saturated rings. The van der Waals surface area contributed by atoms with Crippen LogP contribution in [-0.2, 0) is 16.4 Å². The van der Waals surface area contributed by atoms with Gasteiger partial charge in [0, 0.05) is 17.7 Å². The van der Waals surface area contributed by atoms with Gasteiger partial charge in [-0.25, -0.2) is 8.42 Å². The lowest BCUT2D eigenvalue weighted by atomic mass is 10.2. The second kappa shape index (κ2) is 5.05. The molecule has 15 heavy (non-hydrogen) atoms. The molecule has 86 valence electrons. The van der Waals surface area contributed by atoms with Crippen LogP contribution in [0.15, 0.2) is 11.1 Å². The monoisotopic (exact) mass is 248 g/mol. The van der Waals surface area contributed by atoms with Crippen LogP contribution in [0.2, 0.25) is 0 Å². The third-order valence-corrected chi connectivity index (χ3v) is 3.64. The highest BCUT2D eigenvalue weighted by Crippen LogP contribution is 2.14. The molecule has 1 N–H and O–H groups in total. The van der Waals surface area contributed by atoms with Crippen molar-refractivity contribution in [3.05, 3.63) is 10.9 Å². The maximum absolute atomic E-state index is 11.2. The molecular weight excluding hydrogens is 232 g/mol. The van der Waals surface area contributed by atoms with E-state index in [-0.39, 0.29) is 5.03 Å². The van der Waals surface area contributed by atoms with Crippen LogP contribution in [-0.4, -0.2) is 25.6 Å². The van der Waals surface area contributed by atoms with Crippen molar-refractivity contribution in [1.29, 1.82) is 0 Å². The van der Waals surface area contributed by atoms with Crippen molar-refractivity contribution < 1.29 is 8.42 Å². The molecule has 0 aromatic carbocycles. The first-order valence-electron chi connectivity index (χ1n) is 4.76. The van der Waals surface area contributed by atoms with Crippen molar-refractivity contribution in [1.82, 2.24) is 9.69 Å². The number of sulfone groups is 1. The van der Waals surface area contributed by atoms with E-state index in [1.165, 1.54) is 17.8 Å². The minimum Gasteiger partial charge on any atom is -0.312 e. The van der Waals surface area contributed by atoms with Gasteiger partial charge >= 0.3 is 0 Å². The van der Waals surface area contributed by atoms with Gasteiger partial charge in [-0.2, -0.15) is 4.37 Å². The Hall–Kier alpha value is -0.460. The normalized spacial score (nSPS) is 12.3. The van der Waals surface area contributed by atoms with Crippen molar-refractivity contribution in [2.24, 2.45) is 5.92 Å². The molecular formula is C9H16N2O2S2. The molecule has 1 heterocycles. The Balaban J connectivity index is 2.54. The summed E-state index contributed by atoms with van der Waals surface area (Å²) < 4.78 is 26.2. The zero-order chi connectivity index (χ0) is 11.5. The lowest BCUT2D eigenvalue weighted by molar-refractivity contribution is 0.554. The number of nitrogens with zero attached hydrogens (tertiary/aromatic N) is 1. The summed E-state index contributed by atoms with van der Waals surface area (Å²) in [6.07, 6.45) is 1.17. The molecule has 1 rings (SSSR count). The van der Waals surface area contributed by atoms with Gasteiger partial charge in [0.2, 0.25) is 0 Å². The first kappa shape index (κ1) is 12.6. The van der Waals surface area contributed by atoms with Crippen LogP contribution in [0.5, 0.6) is 0 Å². The van der Waals surface area contributed by atoms with Crippen molar-refractivity contribution >= 4 is 21.4 Å². The molecule has 4 nitrogen and oxygen atoms in total. The molecule has 1 aromatic heterocycles. The number of hydrogen-bond donors (Lipinski definition) is 1. The quantitative estimate of drug-likeness (QED) is 0.853. The smallest absolute Gasteiger partial charge is 0.193 e. The van der Waals surface area contributed by atoms with Crippen LogP contribution in [0.4, 0.5) is 0 Å². The Kier molecular flexibility index (Phi) is 4.24. The number of nitrogens with one attached hydrogen (secondary N) is 1. The zero-order valence-electron chi connectivity index (χ0n) is 9.15. The minimum absolute atomic E-state index is 0.175. The van der Waals surface area contributed by atoms with Crippen LogP contribution in [0.1, 0.15) is 18.7 Å². The molecule has 0 saturated carbocycles. The topological polar surface area (TPSA) is 59.1 Å². The summed E-state index contributed by atoms with van der Waals surface area (Å²) in [4.78, 5) is 0.955. The largest absolute Gasteiger partial charge is 0.312 e. The molecule has 0 aliphatic carbocycles. The Morgan fingerprint density at radius 3 is 2.67 bits per heavy atom. The summed E-state index contributed by atoms with van der Waals surface area (Å²) in [5, 5.41) is 3.42. The van der Waals surface area contributed by atoms with Crippen LogP contribution in [0.3, 0.4) is 0 Å². The van der Waals surface area contributed by atoms with E-state index in [9.17, 15) is 8.42 Å². The Labute approximate surface area is 94.8 Å². The predicted octanol–water partition coefficient (Wildman–Crippen LogP) is 1.29. The summed E-state index contributed by atoms with van der Waals surface area (Å²) in [6.45, 7) is 5.86. The van der Waals surface area contributed by atoms with Gasteiger partial charge < -0.3 is 5.32 Å². The first-order chi connectivity index (χ1) is 6.89. The highest BCUT2D eigenvalue weighted by Gasteiger charge is 2.11. The van der Waals surface area contributed by atoms with Crippen molar-refractivity contribution in [2.45, 2.75) is 25.4 Å². The molecule has 0 unspecified atom stereocenters. The Morgan fingerprint density at radius 1 is 1.53 bits per heavy atom. The fourth-order valence-corrected chi connectivity index (χ4v) is 2.71. The fourth-order valence-electron chi connectivity index (χ4n) is 1.04. The van der Waals surface area contributed by atoms with Crippen LogP contribution in [0.25, 0.3) is 0 Å². The van der Waals surface area contributed by atoms with Gasteiger partial charge in [0.15, 0.2) is 14.9 Å².